The van der Waals surface area contributed by atoms with Crippen LogP contribution in [0.4, 0.5) is 11.8 Å². The Morgan fingerprint density at radius 2 is 2.35 bits per heavy atom. The zero-order valence-corrected chi connectivity index (χ0v) is 13.2. The van der Waals surface area contributed by atoms with Crippen LogP contribution < -0.4 is 21.2 Å². The lowest BCUT2D eigenvalue weighted by atomic mass is 10.2. The minimum Gasteiger partial charge on any atom is -0.486 e. The van der Waals surface area contributed by atoms with E-state index >= 15 is 0 Å². The highest BCUT2D eigenvalue weighted by Crippen LogP contribution is 2.23. The van der Waals surface area contributed by atoms with E-state index in [-0.39, 0.29) is 12.0 Å². The maximum Gasteiger partial charge on any atom is 0.222 e. The van der Waals surface area contributed by atoms with Crippen molar-refractivity contribution in [2.75, 3.05) is 24.2 Å². The molecule has 122 valence electrons. The molecule has 0 amide bonds. The van der Waals surface area contributed by atoms with Gasteiger partial charge in [-0.25, -0.2) is 10.4 Å². The van der Waals surface area contributed by atoms with Crippen LogP contribution in [0.1, 0.15) is 19.8 Å². The van der Waals surface area contributed by atoms with Crippen LogP contribution in [0, 0.1) is 0 Å². The largest absolute Gasteiger partial charge is 0.486 e. The molecule has 1 atom stereocenters. The molecule has 0 bridgehead atoms. The molecule has 1 unspecified atom stereocenters. The predicted molar refractivity (Wildman–Crippen MR) is 90.5 cm³/mol. The van der Waals surface area contributed by atoms with Gasteiger partial charge in [0.2, 0.25) is 5.95 Å². The summed E-state index contributed by atoms with van der Waals surface area (Å²) in [6.45, 7) is 3.46. The molecular weight excluding hydrogens is 292 g/mol. The first-order chi connectivity index (χ1) is 11.3. The maximum absolute atomic E-state index is 5.89. The molecule has 0 aromatic carbocycles. The topological polar surface area (TPSA) is 88.3 Å². The molecule has 2 aliphatic rings. The first-order valence-electron chi connectivity index (χ1n) is 7.87. The van der Waals surface area contributed by atoms with Gasteiger partial charge in [0.05, 0.1) is 17.9 Å². The molecule has 0 saturated carbocycles. The highest BCUT2D eigenvalue weighted by molar-refractivity contribution is 5.51. The van der Waals surface area contributed by atoms with Crippen molar-refractivity contribution in [2.24, 2.45) is 0 Å². The van der Waals surface area contributed by atoms with Crippen LogP contribution in [0.5, 0.6) is 5.75 Å². The maximum atomic E-state index is 5.89. The summed E-state index contributed by atoms with van der Waals surface area (Å²) in [5, 5.41) is 5.24. The number of nitrogen functional groups attached to an aromatic ring is 1. The normalized spacial score (nSPS) is 18.7. The van der Waals surface area contributed by atoms with E-state index in [9.17, 15) is 0 Å². The van der Waals surface area contributed by atoms with Gasteiger partial charge in [-0.1, -0.05) is 19.4 Å². The van der Waals surface area contributed by atoms with Gasteiger partial charge in [0.15, 0.2) is 11.6 Å². The van der Waals surface area contributed by atoms with Crippen LogP contribution >= 0.6 is 0 Å². The molecule has 3 rings (SSSR count). The monoisotopic (exact) mass is 314 g/mol. The van der Waals surface area contributed by atoms with E-state index < -0.39 is 0 Å². The van der Waals surface area contributed by atoms with Crippen molar-refractivity contribution in [2.45, 2.75) is 25.8 Å². The number of aromatic nitrogens is 2. The molecular formula is C16H22N6O. The van der Waals surface area contributed by atoms with Gasteiger partial charge >= 0.3 is 0 Å². The number of rotatable bonds is 7. The van der Waals surface area contributed by atoms with Crippen molar-refractivity contribution >= 4 is 11.8 Å². The zero-order valence-electron chi connectivity index (χ0n) is 13.2. The van der Waals surface area contributed by atoms with Crippen molar-refractivity contribution < 1.29 is 4.74 Å². The third-order valence-electron chi connectivity index (χ3n) is 3.58. The number of nitrogens with zero attached hydrogens (tertiary/aromatic N) is 3. The van der Waals surface area contributed by atoms with E-state index in [0.29, 0.717) is 18.2 Å². The Labute approximate surface area is 135 Å². The van der Waals surface area contributed by atoms with Crippen molar-refractivity contribution in [3.63, 3.8) is 0 Å². The lowest BCUT2D eigenvalue weighted by molar-refractivity contribution is 0.248. The zero-order chi connectivity index (χ0) is 16.1. The van der Waals surface area contributed by atoms with Crippen molar-refractivity contribution in [1.82, 2.24) is 20.4 Å². The standard InChI is InChI=1S/C16H22N6O/c1-2-3-7-18-15-14(10-19-16(17)20-15)23-11-12-9-13-6-4-5-8-22(13)21-12/h4-6,8-10,12,21H,2-3,7,11H2,1H3,(H3,17,18,19,20). The number of unbranched alkanes of at least 4 members (excludes halogenated alkanes) is 1. The summed E-state index contributed by atoms with van der Waals surface area (Å²) in [6, 6.07) is 0.0958. The Kier molecular flexibility index (Phi) is 4.77. The average Bonchev–Trinajstić information content (AvgIpc) is 2.97. The fourth-order valence-electron chi connectivity index (χ4n) is 2.40. The first kappa shape index (κ1) is 15.4. The van der Waals surface area contributed by atoms with Crippen molar-refractivity contribution in [3.8, 4) is 5.75 Å². The molecule has 3 heterocycles. The second kappa shape index (κ2) is 7.15. The number of hydrazine groups is 1. The molecule has 0 fully saturated rings. The summed E-state index contributed by atoms with van der Waals surface area (Å²) in [5.74, 6) is 1.51. The van der Waals surface area contributed by atoms with Crippen LogP contribution in [-0.2, 0) is 0 Å². The van der Waals surface area contributed by atoms with E-state index in [1.807, 2.05) is 23.4 Å². The van der Waals surface area contributed by atoms with Gasteiger partial charge < -0.3 is 15.8 Å². The van der Waals surface area contributed by atoms with Crippen LogP contribution in [0.25, 0.3) is 0 Å². The van der Waals surface area contributed by atoms with Crippen LogP contribution in [0.2, 0.25) is 0 Å². The van der Waals surface area contributed by atoms with Crippen LogP contribution in [0.15, 0.2) is 42.4 Å². The smallest absolute Gasteiger partial charge is 0.222 e. The van der Waals surface area contributed by atoms with Crippen molar-refractivity contribution in [3.05, 3.63) is 42.4 Å². The number of anilines is 2. The molecule has 0 radical (unpaired) electrons. The molecule has 0 saturated heterocycles. The minimum absolute atomic E-state index is 0.0958. The predicted octanol–water partition coefficient (Wildman–Crippen LogP) is 1.81. The summed E-state index contributed by atoms with van der Waals surface area (Å²) in [6.07, 6.45) is 13.9. The number of fused-ring (bicyclic) bond motifs is 1. The van der Waals surface area contributed by atoms with E-state index in [1.54, 1.807) is 6.20 Å². The highest BCUT2D eigenvalue weighted by atomic mass is 16.5. The van der Waals surface area contributed by atoms with Gasteiger partial charge in [0.25, 0.3) is 0 Å². The lowest BCUT2D eigenvalue weighted by Gasteiger charge is -2.20. The Balaban J connectivity index is 1.61. The Bertz CT molecular complexity index is 639. The lowest BCUT2D eigenvalue weighted by Crippen LogP contribution is -2.37. The molecule has 7 nitrogen and oxygen atoms in total. The SMILES string of the molecule is CCCCNc1nc(N)ncc1OCC1C=C2C=CC=CN2N1. The Morgan fingerprint density at radius 1 is 1.43 bits per heavy atom. The van der Waals surface area contributed by atoms with E-state index in [4.69, 9.17) is 10.5 Å². The summed E-state index contributed by atoms with van der Waals surface area (Å²) >= 11 is 0. The number of hydrogen-bond acceptors (Lipinski definition) is 7. The molecule has 4 N–H and O–H groups in total. The molecule has 7 heteroatoms. The van der Waals surface area contributed by atoms with Crippen LogP contribution in [0.3, 0.4) is 0 Å². The number of allylic oxidation sites excluding steroid dienone is 3. The molecule has 1 aromatic rings. The number of nitrogens with two attached hydrogens (primary N) is 1. The van der Waals surface area contributed by atoms with Gasteiger partial charge in [-0.2, -0.15) is 4.98 Å². The Morgan fingerprint density at radius 3 is 3.17 bits per heavy atom. The first-order valence-corrected chi connectivity index (χ1v) is 7.87. The molecule has 2 aliphatic heterocycles. The summed E-state index contributed by atoms with van der Waals surface area (Å²) in [4.78, 5) is 8.24. The molecule has 1 aromatic heterocycles. The minimum atomic E-state index is 0.0958. The molecule has 0 aliphatic carbocycles. The Hall–Kier alpha value is -2.54. The third kappa shape index (κ3) is 3.81. The van der Waals surface area contributed by atoms with E-state index in [2.05, 4.69) is 39.8 Å². The fourth-order valence-corrected chi connectivity index (χ4v) is 2.40. The van der Waals surface area contributed by atoms with Gasteiger partial charge in [0, 0.05) is 12.7 Å². The molecule has 0 spiro atoms. The summed E-state index contributed by atoms with van der Waals surface area (Å²) in [7, 11) is 0. The highest BCUT2D eigenvalue weighted by Gasteiger charge is 2.21. The number of hydrogen-bond donors (Lipinski definition) is 3. The van der Waals surface area contributed by atoms with E-state index in [0.717, 1.165) is 25.1 Å². The quantitative estimate of drug-likeness (QED) is 0.661. The van der Waals surface area contributed by atoms with Crippen LogP contribution in [-0.4, -0.2) is 34.2 Å². The second-order valence-electron chi connectivity index (χ2n) is 5.43. The number of nitrogens with one attached hydrogen (secondary N) is 2. The van der Waals surface area contributed by atoms with Gasteiger partial charge in [-0.15, -0.1) is 0 Å². The average molecular weight is 314 g/mol. The van der Waals surface area contributed by atoms with Gasteiger partial charge in [0.1, 0.15) is 6.61 Å². The fraction of sp³-hybridized carbons (Fsp3) is 0.375. The van der Waals surface area contributed by atoms with Crippen molar-refractivity contribution in [1.29, 1.82) is 0 Å². The summed E-state index contributed by atoms with van der Waals surface area (Å²) < 4.78 is 5.89. The summed E-state index contributed by atoms with van der Waals surface area (Å²) in [5.41, 5.74) is 10.1. The van der Waals surface area contributed by atoms with E-state index in [1.165, 1.54) is 0 Å². The third-order valence-corrected chi connectivity index (χ3v) is 3.58. The number of ether oxygens (including phenoxy) is 1. The second-order valence-corrected chi connectivity index (χ2v) is 5.43. The van der Waals surface area contributed by atoms with Gasteiger partial charge in [-0.3, -0.25) is 5.01 Å². The molecule has 23 heavy (non-hydrogen) atoms. The van der Waals surface area contributed by atoms with Gasteiger partial charge in [-0.05, 0) is 24.6 Å².